The second kappa shape index (κ2) is 7.15. The number of carboxylic acids is 1. The van der Waals surface area contributed by atoms with E-state index < -0.39 is 18.1 Å². The molecule has 0 aliphatic heterocycles. The average molecular weight is 265 g/mol. The van der Waals surface area contributed by atoms with Crippen LogP contribution in [-0.4, -0.2) is 29.0 Å². The summed E-state index contributed by atoms with van der Waals surface area (Å²) in [7, 11) is 0. The Hall–Kier alpha value is -2.37. The zero-order chi connectivity index (χ0) is 14.3. The number of carbonyl (C=O) groups is 3. The highest BCUT2D eigenvalue weighted by Gasteiger charge is 2.22. The number of Topliss-reactive ketones (excluding diaryl/α,β-unsaturated/α-hetero) is 1. The third-order valence-electron chi connectivity index (χ3n) is 2.29. The van der Waals surface area contributed by atoms with E-state index in [4.69, 9.17) is 9.84 Å². The predicted octanol–water partition coefficient (Wildman–Crippen LogP) is 1.35. The largest absolute Gasteiger partial charge is 0.480 e. The van der Waals surface area contributed by atoms with Crippen LogP contribution in [0.2, 0.25) is 0 Å². The standard InChI is InChI=1S/C13H15NO5/c1-9(15)7-11(12(16)17)14-13(18)19-8-10-5-3-2-4-6-10/h2-6,11H,7-8H2,1H3,(H,14,18)(H,16,17). The Morgan fingerprint density at radius 3 is 2.42 bits per heavy atom. The molecule has 0 aliphatic carbocycles. The fourth-order valence-electron chi connectivity index (χ4n) is 1.39. The molecule has 1 atom stereocenters. The topological polar surface area (TPSA) is 92.7 Å². The molecule has 1 rings (SSSR count). The van der Waals surface area contributed by atoms with E-state index in [9.17, 15) is 14.4 Å². The second-order valence-electron chi connectivity index (χ2n) is 4.00. The van der Waals surface area contributed by atoms with Gasteiger partial charge in [0.15, 0.2) is 0 Å². The fraction of sp³-hybridized carbons (Fsp3) is 0.308. The number of aliphatic carboxylic acids is 1. The Morgan fingerprint density at radius 1 is 1.26 bits per heavy atom. The molecule has 102 valence electrons. The number of carboxylic acid groups (broad SMARTS) is 1. The number of carbonyl (C=O) groups excluding carboxylic acids is 2. The maximum atomic E-state index is 11.4. The Bertz CT molecular complexity index is 457. The van der Waals surface area contributed by atoms with Gasteiger partial charge in [0.1, 0.15) is 18.4 Å². The molecule has 0 spiro atoms. The second-order valence-corrected chi connectivity index (χ2v) is 4.00. The summed E-state index contributed by atoms with van der Waals surface area (Å²) < 4.78 is 4.87. The van der Waals surface area contributed by atoms with Gasteiger partial charge in [-0.2, -0.15) is 0 Å². The number of ether oxygens (including phenoxy) is 1. The molecule has 0 heterocycles. The van der Waals surface area contributed by atoms with Gasteiger partial charge in [-0.15, -0.1) is 0 Å². The van der Waals surface area contributed by atoms with Gasteiger partial charge in [0, 0.05) is 6.42 Å². The first-order valence-corrected chi connectivity index (χ1v) is 5.68. The van der Waals surface area contributed by atoms with E-state index in [0.717, 1.165) is 5.56 Å². The molecular weight excluding hydrogens is 250 g/mol. The van der Waals surface area contributed by atoms with Crippen molar-refractivity contribution in [3.63, 3.8) is 0 Å². The highest BCUT2D eigenvalue weighted by Crippen LogP contribution is 2.01. The van der Waals surface area contributed by atoms with Gasteiger partial charge in [0.25, 0.3) is 0 Å². The molecular formula is C13H15NO5. The molecule has 6 heteroatoms. The van der Waals surface area contributed by atoms with Gasteiger partial charge in [-0.1, -0.05) is 30.3 Å². The lowest BCUT2D eigenvalue weighted by Crippen LogP contribution is -2.42. The minimum Gasteiger partial charge on any atom is -0.480 e. The summed E-state index contributed by atoms with van der Waals surface area (Å²) in [5.74, 6) is -1.59. The van der Waals surface area contributed by atoms with Crippen LogP contribution >= 0.6 is 0 Å². The van der Waals surface area contributed by atoms with E-state index >= 15 is 0 Å². The number of nitrogens with one attached hydrogen (secondary N) is 1. The molecule has 6 nitrogen and oxygen atoms in total. The fourth-order valence-corrected chi connectivity index (χ4v) is 1.39. The molecule has 0 saturated heterocycles. The van der Waals surface area contributed by atoms with Crippen LogP contribution in [-0.2, 0) is 20.9 Å². The number of alkyl carbamates (subject to hydrolysis) is 1. The number of amides is 1. The minimum absolute atomic E-state index is 0.0408. The number of benzene rings is 1. The highest BCUT2D eigenvalue weighted by atomic mass is 16.5. The summed E-state index contributed by atoms with van der Waals surface area (Å²) in [6, 6.07) is 7.71. The van der Waals surface area contributed by atoms with Crippen LogP contribution in [0.15, 0.2) is 30.3 Å². The molecule has 19 heavy (non-hydrogen) atoms. The smallest absolute Gasteiger partial charge is 0.408 e. The lowest BCUT2D eigenvalue weighted by molar-refractivity contribution is -0.141. The van der Waals surface area contributed by atoms with Gasteiger partial charge in [-0.25, -0.2) is 9.59 Å². The number of rotatable bonds is 6. The Labute approximate surface area is 110 Å². The number of ketones is 1. The van der Waals surface area contributed by atoms with Crippen molar-refractivity contribution in [2.24, 2.45) is 0 Å². The maximum absolute atomic E-state index is 11.4. The molecule has 1 aromatic carbocycles. The van der Waals surface area contributed by atoms with Crippen molar-refractivity contribution in [1.82, 2.24) is 5.32 Å². The Morgan fingerprint density at radius 2 is 1.89 bits per heavy atom. The van der Waals surface area contributed by atoms with E-state index in [-0.39, 0.29) is 18.8 Å². The highest BCUT2D eigenvalue weighted by molar-refractivity contribution is 5.86. The normalized spacial score (nSPS) is 11.4. The zero-order valence-corrected chi connectivity index (χ0v) is 10.5. The molecule has 0 fully saturated rings. The van der Waals surface area contributed by atoms with Gasteiger partial charge in [-0.05, 0) is 12.5 Å². The zero-order valence-electron chi connectivity index (χ0n) is 10.5. The monoisotopic (exact) mass is 265 g/mol. The predicted molar refractivity (Wildman–Crippen MR) is 66.5 cm³/mol. The van der Waals surface area contributed by atoms with Crippen molar-refractivity contribution in [2.75, 3.05) is 0 Å². The van der Waals surface area contributed by atoms with Crippen LogP contribution in [0.25, 0.3) is 0 Å². The van der Waals surface area contributed by atoms with Crippen LogP contribution < -0.4 is 5.32 Å². The van der Waals surface area contributed by atoms with Gasteiger partial charge in [0.05, 0.1) is 0 Å². The molecule has 0 aromatic heterocycles. The lowest BCUT2D eigenvalue weighted by Gasteiger charge is -2.13. The summed E-state index contributed by atoms with van der Waals surface area (Å²) in [6.07, 6.45) is -1.13. The minimum atomic E-state index is -1.27. The number of hydrogen-bond donors (Lipinski definition) is 2. The van der Waals surface area contributed by atoms with E-state index in [1.807, 2.05) is 6.07 Å². The molecule has 1 unspecified atom stereocenters. The first-order chi connectivity index (χ1) is 8.99. The quantitative estimate of drug-likeness (QED) is 0.809. The molecule has 0 radical (unpaired) electrons. The molecule has 1 amide bonds. The molecule has 0 aliphatic rings. The van der Waals surface area contributed by atoms with Crippen molar-refractivity contribution in [3.05, 3.63) is 35.9 Å². The van der Waals surface area contributed by atoms with Crippen molar-refractivity contribution in [1.29, 1.82) is 0 Å². The summed E-state index contributed by atoms with van der Waals surface area (Å²) in [5.41, 5.74) is 0.788. The molecule has 1 aromatic rings. The van der Waals surface area contributed by atoms with Crippen molar-refractivity contribution < 1.29 is 24.2 Å². The van der Waals surface area contributed by atoms with Crippen LogP contribution in [0.5, 0.6) is 0 Å². The van der Waals surface area contributed by atoms with E-state index in [0.29, 0.717) is 0 Å². The van der Waals surface area contributed by atoms with Crippen LogP contribution in [0, 0.1) is 0 Å². The van der Waals surface area contributed by atoms with Crippen LogP contribution in [0.1, 0.15) is 18.9 Å². The van der Waals surface area contributed by atoms with Crippen LogP contribution in [0.4, 0.5) is 4.79 Å². The SMILES string of the molecule is CC(=O)CC(NC(=O)OCc1ccccc1)C(=O)O. The summed E-state index contributed by atoms with van der Waals surface area (Å²) in [4.78, 5) is 33.1. The van der Waals surface area contributed by atoms with Gasteiger partial charge in [-0.3, -0.25) is 4.79 Å². The van der Waals surface area contributed by atoms with E-state index in [2.05, 4.69) is 5.32 Å². The van der Waals surface area contributed by atoms with Crippen LogP contribution in [0.3, 0.4) is 0 Å². The first-order valence-electron chi connectivity index (χ1n) is 5.68. The van der Waals surface area contributed by atoms with Gasteiger partial charge < -0.3 is 15.2 Å². The number of hydrogen-bond acceptors (Lipinski definition) is 4. The first kappa shape index (κ1) is 14.7. The third kappa shape index (κ3) is 5.67. The van der Waals surface area contributed by atoms with Gasteiger partial charge >= 0.3 is 12.1 Å². The molecule has 0 saturated carbocycles. The van der Waals surface area contributed by atoms with E-state index in [1.165, 1.54) is 6.92 Å². The lowest BCUT2D eigenvalue weighted by atomic mass is 10.1. The summed E-state index contributed by atoms with van der Waals surface area (Å²) >= 11 is 0. The van der Waals surface area contributed by atoms with E-state index in [1.54, 1.807) is 24.3 Å². The maximum Gasteiger partial charge on any atom is 0.408 e. The summed E-state index contributed by atoms with van der Waals surface area (Å²) in [6.45, 7) is 1.30. The molecule has 2 N–H and O–H groups in total. The summed E-state index contributed by atoms with van der Waals surface area (Å²) in [5, 5.41) is 11.0. The van der Waals surface area contributed by atoms with Crippen molar-refractivity contribution >= 4 is 17.8 Å². The molecule has 0 bridgehead atoms. The van der Waals surface area contributed by atoms with Crippen molar-refractivity contribution in [2.45, 2.75) is 26.0 Å². The van der Waals surface area contributed by atoms with Crippen molar-refractivity contribution in [3.8, 4) is 0 Å². The Balaban J connectivity index is 2.45. The Kier molecular flexibility index (Phi) is 5.53. The third-order valence-corrected chi connectivity index (χ3v) is 2.29. The van der Waals surface area contributed by atoms with Gasteiger partial charge in [0.2, 0.25) is 0 Å². The average Bonchev–Trinajstić information content (AvgIpc) is 2.36.